The first kappa shape index (κ1) is 15.6. The summed E-state index contributed by atoms with van der Waals surface area (Å²) < 4.78 is 10.6. The summed E-state index contributed by atoms with van der Waals surface area (Å²) in [6.45, 7) is 2.01. The summed E-state index contributed by atoms with van der Waals surface area (Å²) in [7, 11) is 3.22. The third-order valence-corrected chi connectivity index (χ3v) is 3.69. The van der Waals surface area contributed by atoms with Gasteiger partial charge in [-0.2, -0.15) is 0 Å². The van der Waals surface area contributed by atoms with E-state index in [1.165, 1.54) is 0 Å². The Labute approximate surface area is 129 Å². The maximum Gasteiger partial charge on any atom is 0.161 e. The maximum absolute atomic E-state index is 6.01. The first-order valence-corrected chi connectivity index (χ1v) is 6.92. The fourth-order valence-corrected chi connectivity index (χ4v) is 2.59. The molecule has 0 saturated carbocycles. The molecule has 0 heterocycles. The van der Waals surface area contributed by atoms with Gasteiger partial charge in [0.05, 0.1) is 20.3 Å². The van der Waals surface area contributed by atoms with Gasteiger partial charge in [-0.3, -0.25) is 5.84 Å². The minimum absolute atomic E-state index is 0.151. The van der Waals surface area contributed by atoms with Gasteiger partial charge >= 0.3 is 0 Å². The summed E-state index contributed by atoms with van der Waals surface area (Å²) in [4.78, 5) is 0. The number of hydrogen-bond acceptors (Lipinski definition) is 4. The molecule has 2 aromatic rings. The van der Waals surface area contributed by atoms with Crippen LogP contribution in [0.15, 0.2) is 36.4 Å². The van der Waals surface area contributed by atoms with E-state index >= 15 is 0 Å². The van der Waals surface area contributed by atoms with Crippen molar-refractivity contribution in [3.63, 3.8) is 0 Å². The third-order valence-electron chi connectivity index (χ3n) is 3.45. The van der Waals surface area contributed by atoms with Crippen molar-refractivity contribution in [2.24, 2.45) is 5.84 Å². The number of halogens is 1. The van der Waals surface area contributed by atoms with Crippen LogP contribution in [0.25, 0.3) is 0 Å². The Bertz CT molecular complexity index is 632. The number of benzene rings is 2. The van der Waals surface area contributed by atoms with Gasteiger partial charge in [0.15, 0.2) is 11.5 Å². The Balaban J connectivity index is 2.46. The second-order valence-corrected chi connectivity index (χ2v) is 5.15. The fourth-order valence-electron chi connectivity index (χ4n) is 2.36. The van der Waals surface area contributed by atoms with Crippen LogP contribution in [-0.2, 0) is 0 Å². The Morgan fingerprint density at radius 3 is 2.33 bits per heavy atom. The second-order valence-electron chi connectivity index (χ2n) is 4.72. The maximum atomic E-state index is 6.01. The van der Waals surface area contributed by atoms with E-state index in [0.29, 0.717) is 16.5 Å². The molecular weight excluding hydrogens is 288 g/mol. The average Bonchev–Trinajstić information content (AvgIpc) is 2.49. The summed E-state index contributed by atoms with van der Waals surface area (Å²) in [5.74, 6) is 7.10. The van der Waals surface area contributed by atoms with E-state index in [0.717, 1.165) is 16.7 Å². The zero-order valence-corrected chi connectivity index (χ0v) is 13.1. The zero-order valence-electron chi connectivity index (χ0n) is 12.3. The second kappa shape index (κ2) is 6.80. The molecule has 2 aromatic carbocycles. The van der Waals surface area contributed by atoms with Crippen LogP contribution in [0.4, 0.5) is 0 Å². The van der Waals surface area contributed by atoms with Crippen molar-refractivity contribution in [3.05, 3.63) is 58.1 Å². The van der Waals surface area contributed by atoms with Gasteiger partial charge in [-0.05, 0) is 47.9 Å². The summed E-state index contributed by atoms with van der Waals surface area (Å²) in [6.07, 6.45) is 0. The first-order valence-electron chi connectivity index (χ1n) is 6.54. The molecule has 0 fully saturated rings. The van der Waals surface area contributed by atoms with Crippen molar-refractivity contribution in [1.82, 2.24) is 5.43 Å². The molecule has 0 aromatic heterocycles. The molecule has 4 nitrogen and oxygen atoms in total. The van der Waals surface area contributed by atoms with Crippen molar-refractivity contribution in [3.8, 4) is 11.5 Å². The Morgan fingerprint density at radius 1 is 1.05 bits per heavy atom. The topological polar surface area (TPSA) is 56.5 Å². The molecule has 0 radical (unpaired) electrons. The van der Waals surface area contributed by atoms with Crippen LogP contribution in [-0.4, -0.2) is 14.2 Å². The standard InChI is InChI=1S/C16H19ClN2O2/c1-10-8-12(17)5-6-13(10)16(19-18)11-4-7-14(20-2)15(9-11)21-3/h4-9,16,19H,18H2,1-3H3. The molecule has 3 N–H and O–H groups in total. The average molecular weight is 307 g/mol. The van der Waals surface area contributed by atoms with Crippen molar-refractivity contribution < 1.29 is 9.47 Å². The monoisotopic (exact) mass is 306 g/mol. The van der Waals surface area contributed by atoms with E-state index in [4.69, 9.17) is 26.9 Å². The predicted molar refractivity (Wildman–Crippen MR) is 84.9 cm³/mol. The SMILES string of the molecule is COc1ccc(C(NN)c2ccc(Cl)cc2C)cc1OC. The summed E-state index contributed by atoms with van der Waals surface area (Å²) in [6, 6.07) is 11.3. The molecule has 2 rings (SSSR count). The number of hydrazine groups is 1. The lowest BCUT2D eigenvalue weighted by Gasteiger charge is -2.20. The molecule has 0 saturated heterocycles. The molecule has 1 unspecified atom stereocenters. The highest BCUT2D eigenvalue weighted by molar-refractivity contribution is 6.30. The number of ether oxygens (including phenoxy) is 2. The van der Waals surface area contributed by atoms with E-state index in [9.17, 15) is 0 Å². The molecule has 0 amide bonds. The van der Waals surface area contributed by atoms with Crippen LogP contribution in [0, 0.1) is 6.92 Å². The normalized spacial score (nSPS) is 12.0. The van der Waals surface area contributed by atoms with Crippen LogP contribution in [0.5, 0.6) is 11.5 Å². The van der Waals surface area contributed by atoms with E-state index < -0.39 is 0 Å². The van der Waals surface area contributed by atoms with Gasteiger partial charge in [-0.25, -0.2) is 5.43 Å². The number of rotatable bonds is 5. The minimum atomic E-state index is -0.151. The number of hydrogen-bond donors (Lipinski definition) is 2. The zero-order chi connectivity index (χ0) is 15.4. The van der Waals surface area contributed by atoms with Crippen LogP contribution >= 0.6 is 11.6 Å². The summed E-state index contributed by atoms with van der Waals surface area (Å²) >= 11 is 6.01. The molecule has 112 valence electrons. The van der Waals surface area contributed by atoms with E-state index in [1.54, 1.807) is 14.2 Å². The smallest absolute Gasteiger partial charge is 0.161 e. The van der Waals surface area contributed by atoms with Crippen LogP contribution in [0.3, 0.4) is 0 Å². The van der Waals surface area contributed by atoms with E-state index in [1.807, 2.05) is 43.3 Å². The lowest BCUT2D eigenvalue weighted by molar-refractivity contribution is 0.354. The molecule has 1 atom stereocenters. The highest BCUT2D eigenvalue weighted by Crippen LogP contribution is 2.33. The molecule has 0 bridgehead atoms. The van der Waals surface area contributed by atoms with Gasteiger partial charge in [0.25, 0.3) is 0 Å². The number of nitrogens with one attached hydrogen (secondary N) is 1. The van der Waals surface area contributed by atoms with Gasteiger partial charge in [-0.15, -0.1) is 0 Å². The van der Waals surface area contributed by atoms with Crippen LogP contribution in [0.1, 0.15) is 22.7 Å². The largest absolute Gasteiger partial charge is 0.493 e. The van der Waals surface area contributed by atoms with Crippen molar-refractivity contribution in [2.75, 3.05) is 14.2 Å². The number of nitrogens with two attached hydrogens (primary N) is 1. The highest BCUT2D eigenvalue weighted by atomic mass is 35.5. The molecule has 5 heteroatoms. The quantitative estimate of drug-likeness (QED) is 0.658. The van der Waals surface area contributed by atoms with Crippen LogP contribution in [0.2, 0.25) is 5.02 Å². The Kier molecular flexibility index (Phi) is 5.07. The van der Waals surface area contributed by atoms with Gasteiger partial charge in [0, 0.05) is 5.02 Å². The lowest BCUT2D eigenvalue weighted by atomic mass is 9.95. The predicted octanol–water partition coefficient (Wildman–Crippen LogP) is 3.22. The van der Waals surface area contributed by atoms with Gasteiger partial charge in [0.1, 0.15) is 0 Å². The van der Waals surface area contributed by atoms with Crippen LogP contribution < -0.4 is 20.7 Å². The minimum Gasteiger partial charge on any atom is -0.493 e. The third kappa shape index (κ3) is 3.29. The lowest BCUT2D eigenvalue weighted by Crippen LogP contribution is -2.29. The van der Waals surface area contributed by atoms with Gasteiger partial charge in [-0.1, -0.05) is 23.7 Å². The number of methoxy groups -OCH3 is 2. The Hall–Kier alpha value is -1.75. The molecule has 21 heavy (non-hydrogen) atoms. The molecular formula is C16H19ClN2O2. The first-order chi connectivity index (χ1) is 10.1. The van der Waals surface area contributed by atoms with Gasteiger partial charge < -0.3 is 9.47 Å². The number of aryl methyl sites for hydroxylation is 1. The highest BCUT2D eigenvalue weighted by Gasteiger charge is 2.17. The summed E-state index contributed by atoms with van der Waals surface area (Å²) in [5, 5.41) is 0.708. The fraction of sp³-hybridized carbons (Fsp3) is 0.250. The molecule has 0 aliphatic carbocycles. The van der Waals surface area contributed by atoms with Crippen molar-refractivity contribution >= 4 is 11.6 Å². The van der Waals surface area contributed by atoms with Gasteiger partial charge in [0.2, 0.25) is 0 Å². The molecule has 0 aliphatic rings. The van der Waals surface area contributed by atoms with Crippen molar-refractivity contribution in [1.29, 1.82) is 0 Å². The van der Waals surface area contributed by atoms with E-state index in [-0.39, 0.29) is 6.04 Å². The molecule has 0 spiro atoms. The van der Waals surface area contributed by atoms with Crippen molar-refractivity contribution in [2.45, 2.75) is 13.0 Å². The molecule has 0 aliphatic heterocycles. The Morgan fingerprint density at radius 2 is 1.76 bits per heavy atom. The summed E-state index contributed by atoms with van der Waals surface area (Å²) in [5.41, 5.74) is 5.96. The van der Waals surface area contributed by atoms with E-state index in [2.05, 4.69) is 5.43 Å².